The number of carbonyl (C=O) groups excluding carboxylic acids is 3. The molecule has 0 heterocycles. The number of esters is 2. The molecular formula is C31H32O9. The predicted octanol–water partition coefficient (Wildman–Crippen LogP) is 5.26. The van der Waals surface area contributed by atoms with Crippen LogP contribution in [0, 0.1) is 5.92 Å². The van der Waals surface area contributed by atoms with Gasteiger partial charge in [0.25, 0.3) is 0 Å². The van der Waals surface area contributed by atoms with Gasteiger partial charge in [0.1, 0.15) is 23.9 Å². The van der Waals surface area contributed by atoms with E-state index in [2.05, 4.69) is 0 Å². The molecular weight excluding hydrogens is 516 g/mol. The van der Waals surface area contributed by atoms with Crippen molar-refractivity contribution in [3.8, 4) is 17.2 Å². The second kappa shape index (κ2) is 13.9. The van der Waals surface area contributed by atoms with Gasteiger partial charge in [-0.15, -0.1) is 0 Å². The highest BCUT2D eigenvalue weighted by Gasteiger charge is 2.20. The summed E-state index contributed by atoms with van der Waals surface area (Å²) >= 11 is 0. The number of methoxy groups -OCH3 is 1. The van der Waals surface area contributed by atoms with E-state index in [-0.39, 0.29) is 48.0 Å². The van der Waals surface area contributed by atoms with Crippen molar-refractivity contribution in [3.63, 3.8) is 0 Å². The molecule has 3 rings (SSSR count). The standard InChI is InChI=1S/C31H32O9/c1-19(2)17-38-25-11-12-26(28(16-25)40-20(3)32)30(34)24-9-13-27(23(15-24)10-14-29(33)37-4)39-18-21-5-7-22(8-6-21)31(35)36/h5-9,11-13,15-16,19H,10,14,17-18H2,1-4H3,(H,35,36). The van der Waals surface area contributed by atoms with Gasteiger partial charge in [-0.2, -0.15) is 0 Å². The second-order valence-electron chi connectivity index (χ2n) is 9.47. The maximum absolute atomic E-state index is 13.5. The van der Waals surface area contributed by atoms with E-state index in [4.69, 9.17) is 24.1 Å². The van der Waals surface area contributed by atoms with E-state index in [0.717, 1.165) is 5.56 Å². The summed E-state index contributed by atoms with van der Waals surface area (Å²) in [5, 5.41) is 9.09. The molecule has 0 amide bonds. The minimum absolute atomic E-state index is 0.0679. The van der Waals surface area contributed by atoms with Crippen LogP contribution in [0.5, 0.6) is 17.2 Å². The van der Waals surface area contributed by atoms with Gasteiger partial charge < -0.3 is 24.1 Å². The fourth-order valence-corrected chi connectivity index (χ4v) is 3.74. The van der Waals surface area contributed by atoms with E-state index in [1.54, 1.807) is 42.5 Å². The van der Waals surface area contributed by atoms with Gasteiger partial charge in [0.15, 0.2) is 5.78 Å². The molecule has 0 atom stereocenters. The summed E-state index contributed by atoms with van der Waals surface area (Å²) in [7, 11) is 1.30. The SMILES string of the molecule is COC(=O)CCc1cc(C(=O)c2ccc(OCC(C)C)cc2OC(C)=O)ccc1OCc1ccc(C(=O)O)cc1. The van der Waals surface area contributed by atoms with Crippen LogP contribution in [-0.2, 0) is 27.4 Å². The van der Waals surface area contributed by atoms with Gasteiger partial charge in [0, 0.05) is 25.0 Å². The van der Waals surface area contributed by atoms with Gasteiger partial charge in [-0.1, -0.05) is 26.0 Å². The van der Waals surface area contributed by atoms with Crippen LogP contribution in [0.2, 0.25) is 0 Å². The Balaban J connectivity index is 1.89. The number of carboxylic acid groups (broad SMARTS) is 1. The highest BCUT2D eigenvalue weighted by molar-refractivity contribution is 6.11. The molecule has 0 unspecified atom stereocenters. The topological polar surface area (TPSA) is 125 Å². The zero-order valence-corrected chi connectivity index (χ0v) is 22.9. The maximum atomic E-state index is 13.5. The molecule has 0 saturated carbocycles. The van der Waals surface area contributed by atoms with Crippen LogP contribution in [0.25, 0.3) is 0 Å². The summed E-state index contributed by atoms with van der Waals surface area (Å²) in [6, 6.07) is 15.9. The minimum Gasteiger partial charge on any atom is -0.493 e. The maximum Gasteiger partial charge on any atom is 0.335 e. The van der Waals surface area contributed by atoms with Crippen LogP contribution < -0.4 is 14.2 Å². The van der Waals surface area contributed by atoms with Crippen LogP contribution in [0.4, 0.5) is 0 Å². The molecule has 3 aromatic rings. The molecule has 40 heavy (non-hydrogen) atoms. The van der Waals surface area contributed by atoms with Crippen LogP contribution in [0.1, 0.15) is 64.6 Å². The Hall–Kier alpha value is -4.66. The summed E-state index contributed by atoms with van der Waals surface area (Å²) < 4.78 is 21.8. The van der Waals surface area contributed by atoms with Crippen molar-refractivity contribution < 1.29 is 43.2 Å². The van der Waals surface area contributed by atoms with Crippen LogP contribution in [0.15, 0.2) is 60.7 Å². The van der Waals surface area contributed by atoms with Gasteiger partial charge in [0.05, 0.1) is 24.8 Å². The van der Waals surface area contributed by atoms with Crippen molar-refractivity contribution >= 4 is 23.7 Å². The number of carbonyl (C=O) groups is 4. The first-order valence-electron chi connectivity index (χ1n) is 12.7. The lowest BCUT2D eigenvalue weighted by Gasteiger charge is -2.15. The van der Waals surface area contributed by atoms with Gasteiger partial charge in [-0.25, -0.2) is 4.79 Å². The summed E-state index contributed by atoms with van der Waals surface area (Å²) in [6.07, 6.45) is 0.318. The van der Waals surface area contributed by atoms with Gasteiger partial charge in [-0.3, -0.25) is 14.4 Å². The number of carboxylic acids is 1. The second-order valence-corrected chi connectivity index (χ2v) is 9.47. The molecule has 9 heteroatoms. The zero-order chi connectivity index (χ0) is 29.2. The minimum atomic E-state index is -1.02. The lowest BCUT2D eigenvalue weighted by Crippen LogP contribution is -2.11. The van der Waals surface area contributed by atoms with Crippen LogP contribution in [0.3, 0.4) is 0 Å². The lowest BCUT2D eigenvalue weighted by atomic mass is 9.98. The van der Waals surface area contributed by atoms with Crippen molar-refractivity contribution in [2.75, 3.05) is 13.7 Å². The van der Waals surface area contributed by atoms with Gasteiger partial charge in [-0.05, 0) is 65.9 Å². The van der Waals surface area contributed by atoms with Crippen molar-refractivity contribution in [1.82, 2.24) is 0 Å². The average Bonchev–Trinajstić information content (AvgIpc) is 2.93. The van der Waals surface area contributed by atoms with Crippen LogP contribution in [-0.4, -0.2) is 42.5 Å². The Kier molecular flexibility index (Phi) is 10.4. The molecule has 0 radical (unpaired) electrons. The van der Waals surface area contributed by atoms with Crippen molar-refractivity contribution in [2.45, 2.75) is 40.2 Å². The molecule has 1 N–H and O–H groups in total. The average molecular weight is 549 g/mol. The fraction of sp³-hybridized carbons (Fsp3) is 0.290. The Morgan fingerprint density at radius 3 is 2.17 bits per heavy atom. The van der Waals surface area contributed by atoms with Gasteiger partial charge in [0.2, 0.25) is 0 Å². The highest BCUT2D eigenvalue weighted by Crippen LogP contribution is 2.30. The van der Waals surface area contributed by atoms with E-state index in [0.29, 0.717) is 29.2 Å². The number of rotatable bonds is 13. The molecule has 0 saturated heterocycles. The number of ether oxygens (including phenoxy) is 4. The summed E-state index contributed by atoms with van der Waals surface area (Å²) in [4.78, 5) is 48.2. The number of aromatic carboxylic acids is 1. The number of ketones is 1. The van der Waals surface area contributed by atoms with Crippen molar-refractivity contribution in [2.24, 2.45) is 5.92 Å². The largest absolute Gasteiger partial charge is 0.493 e. The molecule has 0 bridgehead atoms. The third-order valence-electron chi connectivity index (χ3n) is 5.78. The summed E-state index contributed by atoms with van der Waals surface area (Å²) in [5.74, 6) is -1.10. The lowest BCUT2D eigenvalue weighted by molar-refractivity contribution is -0.140. The number of hydrogen-bond donors (Lipinski definition) is 1. The van der Waals surface area contributed by atoms with E-state index in [1.807, 2.05) is 13.8 Å². The van der Waals surface area contributed by atoms with Crippen molar-refractivity contribution in [3.05, 3.63) is 88.5 Å². The predicted molar refractivity (Wildman–Crippen MR) is 146 cm³/mol. The number of aryl methyl sites for hydroxylation is 1. The molecule has 0 aliphatic carbocycles. The highest BCUT2D eigenvalue weighted by atomic mass is 16.5. The third kappa shape index (κ3) is 8.42. The molecule has 9 nitrogen and oxygen atoms in total. The first kappa shape index (κ1) is 29.9. The Labute approximate surface area is 232 Å². The van der Waals surface area contributed by atoms with E-state index < -0.39 is 17.9 Å². The van der Waals surface area contributed by atoms with Gasteiger partial charge >= 0.3 is 17.9 Å². The third-order valence-corrected chi connectivity index (χ3v) is 5.78. The quantitative estimate of drug-likeness (QED) is 0.173. The van der Waals surface area contributed by atoms with E-state index in [9.17, 15) is 19.2 Å². The number of hydrogen-bond acceptors (Lipinski definition) is 8. The van der Waals surface area contributed by atoms with Crippen LogP contribution >= 0.6 is 0 Å². The summed E-state index contributed by atoms with van der Waals surface area (Å²) in [5.41, 5.74) is 2.00. The molecule has 0 spiro atoms. The van der Waals surface area contributed by atoms with E-state index in [1.165, 1.54) is 32.2 Å². The zero-order valence-electron chi connectivity index (χ0n) is 22.9. The van der Waals surface area contributed by atoms with Crippen molar-refractivity contribution in [1.29, 1.82) is 0 Å². The first-order chi connectivity index (χ1) is 19.1. The summed E-state index contributed by atoms with van der Waals surface area (Å²) in [6.45, 7) is 5.87. The molecule has 0 aromatic heterocycles. The molecule has 210 valence electrons. The Bertz CT molecular complexity index is 1370. The fourth-order valence-electron chi connectivity index (χ4n) is 3.74. The normalized spacial score (nSPS) is 10.6. The first-order valence-corrected chi connectivity index (χ1v) is 12.7. The molecule has 0 aliphatic rings. The molecule has 0 fully saturated rings. The molecule has 0 aliphatic heterocycles. The smallest absolute Gasteiger partial charge is 0.335 e. The Morgan fingerprint density at radius 2 is 1.55 bits per heavy atom. The molecule has 3 aromatic carbocycles. The monoisotopic (exact) mass is 548 g/mol. The Morgan fingerprint density at radius 1 is 0.850 bits per heavy atom. The number of benzene rings is 3. The van der Waals surface area contributed by atoms with E-state index >= 15 is 0 Å².